The van der Waals surface area contributed by atoms with E-state index in [1.807, 2.05) is 0 Å². The van der Waals surface area contributed by atoms with Gasteiger partial charge in [0, 0.05) is 23.5 Å². The van der Waals surface area contributed by atoms with Crippen molar-refractivity contribution in [2.75, 3.05) is 20.2 Å². The van der Waals surface area contributed by atoms with Crippen LogP contribution in [0, 0.1) is 18.2 Å². The molecule has 2 N–H and O–H groups in total. The molecule has 0 spiro atoms. The van der Waals surface area contributed by atoms with Crippen molar-refractivity contribution in [3.05, 3.63) is 70.4 Å². The minimum absolute atomic E-state index is 0.0729. The molecule has 5 nitrogen and oxygen atoms in total. The van der Waals surface area contributed by atoms with E-state index in [0.717, 1.165) is 11.3 Å². The molecule has 4 rings (SSSR count). The molecule has 1 aliphatic rings. The lowest BCUT2D eigenvalue weighted by Crippen LogP contribution is -2.51. The highest BCUT2D eigenvalue weighted by molar-refractivity contribution is 7.18. The number of amides is 1. The molecule has 1 aliphatic heterocycles. The fraction of sp³-hybridized carbons (Fsp3) is 0.250. The Hall–Kier alpha value is -3.35. The van der Waals surface area contributed by atoms with Gasteiger partial charge in [0.15, 0.2) is 11.6 Å². The summed E-state index contributed by atoms with van der Waals surface area (Å²) in [5.74, 6) is -1.51. The lowest BCUT2D eigenvalue weighted by atomic mass is 10.0. The van der Waals surface area contributed by atoms with E-state index < -0.39 is 23.8 Å². The molecule has 170 valence electrons. The monoisotopic (exact) mass is 471 g/mol. The zero-order chi connectivity index (χ0) is 23.7. The molecule has 9 heteroatoms. The van der Waals surface area contributed by atoms with Gasteiger partial charge in [0.2, 0.25) is 5.69 Å². The van der Waals surface area contributed by atoms with Crippen LogP contribution in [-0.4, -0.2) is 43.2 Å². The summed E-state index contributed by atoms with van der Waals surface area (Å²) in [6, 6.07) is 9.44. The Kier molecular flexibility index (Phi) is 6.40. The summed E-state index contributed by atoms with van der Waals surface area (Å²) in [5.41, 5.74) is 7.14. The molecule has 2 aromatic carbocycles. The number of methoxy groups -OCH3 is 1. The molecule has 0 bridgehead atoms. The maximum atomic E-state index is 14.4. The van der Waals surface area contributed by atoms with Crippen LogP contribution in [0.3, 0.4) is 0 Å². The molecule has 3 aromatic rings. The van der Waals surface area contributed by atoms with Crippen LogP contribution < -0.4 is 10.5 Å². The van der Waals surface area contributed by atoms with Crippen LogP contribution in [0.25, 0.3) is 26.4 Å². The molecule has 0 aliphatic carbocycles. The highest BCUT2D eigenvalue weighted by atomic mass is 32.1. The molecular formula is C24H20F3N3O2S. The smallest absolute Gasteiger partial charge is 0.264 e. The number of carbonyl (C=O) groups excluding carboxylic acids is 1. The number of halogens is 3. The molecule has 0 saturated carbocycles. The summed E-state index contributed by atoms with van der Waals surface area (Å²) in [6.45, 7) is 7.38. The van der Waals surface area contributed by atoms with E-state index in [2.05, 4.69) is 4.85 Å². The van der Waals surface area contributed by atoms with Crippen LogP contribution in [0.2, 0.25) is 0 Å². The quantitative estimate of drug-likeness (QED) is 0.516. The van der Waals surface area contributed by atoms with E-state index in [1.54, 1.807) is 18.2 Å². The van der Waals surface area contributed by atoms with Crippen molar-refractivity contribution in [1.29, 1.82) is 0 Å². The first-order chi connectivity index (χ1) is 15.8. The average molecular weight is 472 g/mol. The molecule has 1 saturated heterocycles. The van der Waals surface area contributed by atoms with E-state index in [1.165, 1.54) is 36.3 Å². The van der Waals surface area contributed by atoms with Crippen LogP contribution in [0.1, 0.15) is 16.1 Å². The zero-order valence-corrected chi connectivity index (χ0v) is 18.5. The SMILES string of the molecule is [C-]#[N+]c1ccc(-c2cc(C(=O)N3CC[C@H](F)[C@@H](N)C3)sc2-c2ccc(OC)c(F)c2)cc1F. The van der Waals surface area contributed by atoms with Crippen LogP contribution in [0.5, 0.6) is 5.75 Å². The number of carbonyl (C=O) groups is 1. The van der Waals surface area contributed by atoms with Gasteiger partial charge in [-0.05, 0) is 47.9 Å². The highest BCUT2D eigenvalue weighted by Crippen LogP contribution is 2.42. The second-order valence-electron chi connectivity index (χ2n) is 7.70. The van der Waals surface area contributed by atoms with E-state index in [4.69, 9.17) is 17.0 Å². The van der Waals surface area contributed by atoms with E-state index in [-0.39, 0.29) is 36.9 Å². The summed E-state index contributed by atoms with van der Waals surface area (Å²) in [4.78, 5) is 18.7. The topological polar surface area (TPSA) is 59.9 Å². The van der Waals surface area contributed by atoms with Crippen LogP contribution >= 0.6 is 11.3 Å². The molecule has 33 heavy (non-hydrogen) atoms. The molecule has 1 amide bonds. The molecule has 1 fully saturated rings. The second kappa shape index (κ2) is 9.25. The maximum absolute atomic E-state index is 14.4. The van der Waals surface area contributed by atoms with Gasteiger partial charge in [0.1, 0.15) is 12.0 Å². The van der Waals surface area contributed by atoms with Crippen molar-refractivity contribution in [2.45, 2.75) is 18.6 Å². The van der Waals surface area contributed by atoms with Crippen LogP contribution in [0.15, 0.2) is 42.5 Å². The van der Waals surface area contributed by atoms with Crippen molar-refractivity contribution in [2.24, 2.45) is 5.73 Å². The number of nitrogens with zero attached hydrogens (tertiary/aromatic N) is 2. The van der Waals surface area contributed by atoms with Gasteiger partial charge in [-0.15, -0.1) is 11.3 Å². The Morgan fingerprint density at radius 2 is 1.91 bits per heavy atom. The summed E-state index contributed by atoms with van der Waals surface area (Å²) in [5, 5.41) is 0. The highest BCUT2D eigenvalue weighted by Gasteiger charge is 2.31. The third-order valence-corrected chi connectivity index (χ3v) is 6.77. The zero-order valence-electron chi connectivity index (χ0n) is 17.6. The first-order valence-corrected chi connectivity index (χ1v) is 11.0. The van der Waals surface area contributed by atoms with Gasteiger partial charge in [-0.1, -0.05) is 12.1 Å². The van der Waals surface area contributed by atoms with E-state index in [9.17, 15) is 18.0 Å². The Morgan fingerprint density at radius 3 is 2.55 bits per heavy atom. The number of likely N-dealkylation sites (tertiary alicyclic amines) is 1. The van der Waals surface area contributed by atoms with Crippen molar-refractivity contribution in [1.82, 2.24) is 4.90 Å². The van der Waals surface area contributed by atoms with Crippen molar-refractivity contribution >= 4 is 22.9 Å². The van der Waals surface area contributed by atoms with Gasteiger partial charge in [0.25, 0.3) is 5.91 Å². The predicted molar refractivity (Wildman–Crippen MR) is 121 cm³/mol. The predicted octanol–water partition coefficient (Wildman–Crippen LogP) is 5.43. The number of thiophene rings is 1. The minimum atomic E-state index is -1.16. The summed E-state index contributed by atoms with van der Waals surface area (Å²) >= 11 is 1.13. The minimum Gasteiger partial charge on any atom is -0.494 e. The van der Waals surface area contributed by atoms with Gasteiger partial charge in [0.05, 0.1) is 24.6 Å². The Balaban J connectivity index is 1.80. The molecule has 0 radical (unpaired) electrons. The first-order valence-electron chi connectivity index (χ1n) is 10.2. The summed E-state index contributed by atoms with van der Waals surface area (Å²) in [7, 11) is 1.36. The fourth-order valence-corrected chi connectivity index (χ4v) is 4.94. The van der Waals surface area contributed by atoms with Gasteiger partial charge in [-0.25, -0.2) is 18.0 Å². The normalized spacial score (nSPS) is 18.1. The van der Waals surface area contributed by atoms with E-state index in [0.29, 0.717) is 26.4 Å². The lowest BCUT2D eigenvalue weighted by molar-refractivity contribution is 0.0635. The van der Waals surface area contributed by atoms with Gasteiger partial charge in [-0.2, -0.15) is 0 Å². The standard InChI is InChI=1S/C24H20F3N3O2S/c1-29-20-5-3-13(9-17(20)26)15-11-22(24(31)30-8-7-16(25)19(28)12-30)33-23(15)14-4-6-21(32-2)18(27)10-14/h3-6,9-11,16,19H,7-8,12,28H2,2H3/t16-,19-/m0/s1. The number of nitrogens with two attached hydrogens (primary N) is 1. The number of alkyl halides is 1. The Morgan fingerprint density at radius 1 is 1.18 bits per heavy atom. The number of ether oxygens (including phenoxy) is 1. The van der Waals surface area contributed by atoms with Gasteiger partial charge in [-0.3, -0.25) is 4.79 Å². The summed E-state index contributed by atoms with van der Waals surface area (Å²) in [6.07, 6.45) is -1.000. The van der Waals surface area contributed by atoms with Crippen molar-refractivity contribution in [3.8, 4) is 27.3 Å². The number of benzene rings is 2. The maximum Gasteiger partial charge on any atom is 0.264 e. The fourth-order valence-electron chi connectivity index (χ4n) is 3.79. The summed E-state index contributed by atoms with van der Waals surface area (Å²) < 4.78 is 47.5. The number of hydrogen-bond acceptors (Lipinski definition) is 4. The third kappa shape index (κ3) is 4.45. The largest absolute Gasteiger partial charge is 0.494 e. The molecule has 2 heterocycles. The lowest BCUT2D eigenvalue weighted by Gasteiger charge is -2.32. The van der Waals surface area contributed by atoms with Gasteiger partial charge < -0.3 is 15.4 Å². The van der Waals surface area contributed by atoms with Gasteiger partial charge >= 0.3 is 0 Å². The third-order valence-electron chi connectivity index (χ3n) is 5.59. The molecule has 0 unspecified atom stereocenters. The average Bonchev–Trinajstić information content (AvgIpc) is 3.25. The Bertz CT molecular complexity index is 1250. The Labute approximate surface area is 193 Å². The number of rotatable bonds is 4. The van der Waals surface area contributed by atoms with E-state index >= 15 is 0 Å². The van der Waals surface area contributed by atoms with Crippen LogP contribution in [0.4, 0.5) is 18.9 Å². The molecule has 1 aromatic heterocycles. The van der Waals surface area contributed by atoms with Crippen molar-refractivity contribution in [3.63, 3.8) is 0 Å². The van der Waals surface area contributed by atoms with Crippen molar-refractivity contribution < 1.29 is 22.7 Å². The van der Waals surface area contributed by atoms with Crippen LogP contribution in [-0.2, 0) is 0 Å². The second-order valence-corrected chi connectivity index (χ2v) is 8.75. The number of piperidine rings is 1. The first kappa shape index (κ1) is 22.8. The molecule has 2 atom stereocenters. The number of hydrogen-bond donors (Lipinski definition) is 1. The molecular weight excluding hydrogens is 451 g/mol.